The zero-order chi connectivity index (χ0) is 25.3. The number of nitrogens with one attached hydrogen (secondary N) is 2. The highest BCUT2D eigenvalue weighted by Crippen LogP contribution is 2.35. The zero-order valence-corrected chi connectivity index (χ0v) is 19.9. The zero-order valence-electron chi connectivity index (χ0n) is 19.9. The molecule has 2 aromatic rings. The van der Waals surface area contributed by atoms with Gasteiger partial charge in [-0.25, -0.2) is 4.98 Å². The average Bonchev–Trinajstić information content (AvgIpc) is 2.96. The van der Waals surface area contributed by atoms with Gasteiger partial charge < -0.3 is 24.8 Å². The van der Waals surface area contributed by atoms with Gasteiger partial charge in [-0.3, -0.25) is 9.59 Å². The lowest BCUT2D eigenvalue weighted by atomic mass is 9.86. The van der Waals surface area contributed by atoms with Crippen molar-refractivity contribution in [1.82, 2.24) is 25.1 Å². The van der Waals surface area contributed by atoms with Crippen LogP contribution in [0.25, 0.3) is 11.4 Å². The molecule has 2 heterocycles. The predicted octanol–water partition coefficient (Wildman–Crippen LogP) is 3.17. The van der Waals surface area contributed by atoms with Crippen molar-refractivity contribution in [3.05, 3.63) is 35.7 Å². The molecular weight excluding hydrogens is 451 g/mol. The summed E-state index contributed by atoms with van der Waals surface area (Å²) in [5.41, 5.74) is 0.185. The topological polar surface area (TPSA) is 88.5 Å². The Morgan fingerprint density at radius 2 is 1.82 bits per heavy atom. The van der Waals surface area contributed by atoms with Gasteiger partial charge in [0.1, 0.15) is 17.6 Å². The molecule has 2 amide bonds. The van der Waals surface area contributed by atoms with Crippen LogP contribution in [0.1, 0.15) is 43.4 Å². The van der Waals surface area contributed by atoms with Gasteiger partial charge in [-0.15, -0.1) is 13.2 Å². The number of hydrogen-bond donors (Lipinski definition) is 2. The molecule has 0 radical (unpaired) electrons. The van der Waals surface area contributed by atoms with Gasteiger partial charge in [0.25, 0.3) is 5.91 Å². The van der Waals surface area contributed by atoms with Crippen LogP contribution >= 0.6 is 0 Å². The van der Waals surface area contributed by atoms with E-state index in [-0.39, 0.29) is 23.0 Å². The summed E-state index contributed by atoms with van der Waals surface area (Å²) in [5.74, 6) is -1.11. The fraction of sp³-hybridized carbons (Fsp3) is 0.522. The Morgan fingerprint density at radius 1 is 1.15 bits per heavy atom. The third-order valence-corrected chi connectivity index (χ3v) is 5.63. The summed E-state index contributed by atoms with van der Waals surface area (Å²) in [4.78, 5) is 32.3. The van der Waals surface area contributed by atoms with E-state index >= 15 is 0 Å². The highest BCUT2D eigenvalue weighted by molar-refractivity contribution is 5.98. The molecule has 0 fully saturated rings. The van der Waals surface area contributed by atoms with E-state index in [4.69, 9.17) is 0 Å². The van der Waals surface area contributed by atoms with Crippen LogP contribution in [0.4, 0.5) is 13.2 Å². The van der Waals surface area contributed by atoms with Gasteiger partial charge in [0, 0.05) is 20.1 Å². The second-order valence-electron chi connectivity index (χ2n) is 9.40. The molecule has 2 N–H and O–H groups in total. The van der Waals surface area contributed by atoms with E-state index in [0.717, 1.165) is 13.0 Å². The Labute approximate surface area is 196 Å². The first-order chi connectivity index (χ1) is 15.8. The number of nitrogens with zero attached hydrogens (tertiary/aromatic N) is 3. The van der Waals surface area contributed by atoms with Gasteiger partial charge in [0.2, 0.25) is 5.91 Å². The second kappa shape index (κ2) is 9.65. The lowest BCUT2D eigenvalue weighted by Crippen LogP contribution is -2.53. The van der Waals surface area contributed by atoms with Crippen molar-refractivity contribution >= 4 is 11.8 Å². The number of fused-ring (bicyclic) bond motifs is 1. The number of hydrogen-bond acceptors (Lipinski definition) is 5. The van der Waals surface area contributed by atoms with Crippen LogP contribution in [0.3, 0.4) is 0 Å². The number of amides is 2. The quantitative estimate of drug-likeness (QED) is 0.685. The van der Waals surface area contributed by atoms with Crippen LogP contribution in [-0.2, 0) is 17.9 Å². The molecule has 11 heteroatoms. The standard InChI is InChI=1S/C23H30F3N5O3/c1-22(2,3)18(21(33)27-4)29-20(32)17-15-13-30(5)11-8-12-31(15)19(28-17)14-9-6-7-10-16(14)34-23(24,25)26/h6-7,9-10,18H,8,11-13H2,1-5H3,(H,27,33)(H,29,32). The van der Waals surface area contributed by atoms with Crippen molar-refractivity contribution in [3.63, 3.8) is 0 Å². The van der Waals surface area contributed by atoms with Crippen molar-refractivity contribution in [2.24, 2.45) is 5.41 Å². The lowest BCUT2D eigenvalue weighted by molar-refractivity contribution is -0.274. The first-order valence-corrected chi connectivity index (χ1v) is 11.0. The maximum Gasteiger partial charge on any atom is 0.573 e. The second-order valence-corrected chi connectivity index (χ2v) is 9.40. The van der Waals surface area contributed by atoms with Crippen molar-refractivity contribution in [2.45, 2.75) is 52.7 Å². The third-order valence-electron chi connectivity index (χ3n) is 5.63. The Bertz CT molecular complexity index is 1060. The molecule has 1 aromatic heterocycles. The molecule has 1 aliphatic rings. The van der Waals surface area contributed by atoms with Crippen LogP contribution in [0.5, 0.6) is 5.75 Å². The van der Waals surface area contributed by atoms with E-state index in [9.17, 15) is 22.8 Å². The predicted molar refractivity (Wildman–Crippen MR) is 120 cm³/mol. The minimum atomic E-state index is -4.88. The molecule has 0 saturated carbocycles. The van der Waals surface area contributed by atoms with Crippen molar-refractivity contribution in [1.29, 1.82) is 0 Å². The molecule has 186 valence electrons. The summed E-state index contributed by atoms with van der Waals surface area (Å²) in [6, 6.07) is 4.89. The number of rotatable bonds is 5. The molecule has 8 nitrogen and oxygen atoms in total. The Kier molecular flexibility index (Phi) is 7.25. The molecule has 1 aliphatic heterocycles. The number of imidazole rings is 1. The minimum Gasteiger partial charge on any atom is -0.405 e. The molecule has 34 heavy (non-hydrogen) atoms. The van der Waals surface area contributed by atoms with Gasteiger partial charge in [-0.05, 0) is 37.6 Å². The largest absolute Gasteiger partial charge is 0.573 e. The fourth-order valence-corrected chi connectivity index (χ4v) is 3.99. The van der Waals surface area contributed by atoms with Gasteiger partial charge in [0.05, 0.1) is 11.3 Å². The third kappa shape index (κ3) is 5.69. The van der Waals surface area contributed by atoms with E-state index in [1.807, 2.05) is 32.7 Å². The van der Waals surface area contributed by atoms with E-state index in [1.165, 1.54) is 25.2 Å². The van der Waals surface area contributed by atoms with Crippen molar-refractivity contribution in [2.75, 3.05) is 20.6 Å². The number of likely N-dealkylation sites (N-methyl/N-ethyl adjacent to an activating group) is 1. The maximum atomic E-state index is 13.4. The SMILES string of the molecule is CNC(=O)C(NC(=O)c1nc(-c2ccccc2OC(F)(F)F)n2c1CN(C)CCC2)C(C)(C)C. The minimum absolute atomic E-state index is 0.0729. The Morgan fingerprint density at radius 3 is 2.44 bits per heavy atom. The van der Waals surface area contributed by atoms with E-state index < -0.39 is 29.5 Å². The van der Waals surface area contributed by atoms with Gasteiger partial charge in [0.15, 0.2) is 5.69 Å². The normalized spacial score (nSPS) is 15.8. The van der Waals surface area contributed by atoms with E-state index in [2.05, 4.69) is 20.4 Å². The highest BCUT2D eigenvalue weighted by Gasteiger charge is 2.36. The molecule has 1 unspecified atom stereocenters. The molecule has 3 rings (SSSR count). The van der Waals surface area contributed by atoms with Crippen LogP contribution < -0.4 is 15.4 Å². The number of benzene rings is 1. The molecule has 0 aliphatic carbocycles. The fourth-order valence-electron chi connectivity index (χ4n) is 3.99. The summed E-state index contributed by atoms with van der Waals surface area (Å²) < 4.78 is 45.1. The maximum absolute atomic E-state index is 13.4. The summed E-state index contributed by atoms with van der Waals surface area (Å²) in [6.07, 6.45) is -4.16. The summed E-state index contributed by atoms with van der Waals surface area (Å²) in [7, 11) is 3.38. The van der Waals surface area contributed by atoms with Crippen molar-refractivity contribution in [3.8, 4) is 17.1 Å². The van der Waals surface area contributed by atoms with Gasteiger partial charge in [-0.1, -0.05) is 32.9 Å². The number of carbonyl (C=O) groups is 2. The summed E-state index contributed by atoms with van der Waals surface area (Å²) >= 11 is 0. The van der Waals surface area contributed by atoms with Crippen LogP contribution in [0.15, 0.2) is 24.3 Å². The number of halogens is 3. The van der Waals surface area contributed by atoms with Crippen LogP contribution in [0, 0.1) is 5.41 Å². The first-order valence-electron chi connectivity index (χ1n) is 11.0. The molecule has 0 bridgehead atoms. The van der Waals surface area contributed by atoms with E-state index in [0.29, 0.717) is 18.8 Å². The smallest absolute Gasteiger partial charge is 0.405 e. The highest BCUT2D eigenvalue weighted by atomic mass is 19.4. The van der Waals surface area contributed by atoms with E-state index in [1.54, 1.807) is 10.6 Å². The van der Waals surface area contributed by atoms with Gasteiger partial charge in [-0.2, -0.15) is 0 Å². The van der Waals surface area contributed by atoms with Crippen molar-refractivity contribution < 1.29 is 27.5 Å². The molecule has 0 saturated heterocycles. The lowest BCUT2D eigenvalue weighted by Gasteiger charge is -2.29. The molecule has 1 aromatic carbocycles. The average molecular weight is 482 g/mol. The first kappa shape index (κ1) is 25.5. The number of aromatic nitrogens is 2. The monoisotopic (exact) mass is 481 g/mol. The summed E-state index contributed by atoms with van der Waals surface area (Å²) in [6.45, 7) is 7.05. The Balaban J connectivity index is 2.11. The van der Waals surface area contributed by atoms with Crippen LogP contribution in [0.2, 0.25) is 0 Å². The number of carbonyl (C=O) groups excluding carboxylic acids is 2. The number of para-hydroxylation sites is 1. The molecule has 0 spiro atoms. The number of ether oxygens (including phenoxy) is 1. The number of alkyl halides is 3. The van der Waals surface area contributed by atoms with Crippen LogP contribution in [-0.4, -0.2) is 59.3 Å². The molecular formula is C23H30F3N5O3. The summed E-state index contributed by atoms with van der Waals surface area (Å²) in [5, 5.41) is 5.33. The molecule has 1 atom stereocenters. The van der Waals surface area contributed by atoms with Gasteiger partial charge >= 0.3 is 6.36 Å². The Hall–Kier alpha value is -3.08.